The smallest absolute Gasteiger partial charge is 0.410 e. The van der Waals surface area contributed by atoms with Crippen molar-refractivity contribution in [2.24, 2.45) is 0 Å². The molecule has 7 heteroatoms. The molecule has 0 spiro atoms. The number of ether oxygens (including phenoxy) is 2. The van der Waals surface area contributed by atoms with Crippen LogP contribution in [-0.4, -0.2) is 43.9 Å². The van der Waals surface area contributed by atoms with Crippen molar-refractivity contribution in [1.29, 1.82) is 0 Å². The third-order valence-electron chi connectivity index (χ3n) is 5.54. The first-order valence-corrected chi connectivity index (χ1v) is 11.0. The van der Waals surface area contributed by atoms with E-state index in [1.165, 1.54) is 18.4 Å². The summed E-state index contributed by atoms with van der Waals surface area (Å²) in [6.07, 6.45) is 8.56. The van der Waals surface area contributed by atoms with Crippen LogP contribution in [0.1, 0.15) is 69.6 Å². The zero-order valence-corrected chi connectivity index (χ0v) is 18.6. The van der Waals surface area contributed by atoms with Gasteiger partial charge in [0.15, 0.2) is 0 Å². The van der Waals surface area contributed by atoms with Crippen LogP contribution in [0.5, 0.6) is 0 Å². The Labute approximate surface area is 183 Å². The number of likely N-dealkylation sites (tertiary alicyclic amines) is 1. The molecule has 2 aromatic rings. The van der Waals surface area contributed by atoms with Crippen LogP contribution in [-0.2, 0) is 9.47 Å². The molecule has 0 radical (unpaired) electrons. The third kappa shape index (κ3) is 4.67. The first-order valence-electron chi connectivity index (χ1n) is 10.6. The second kappa shape index (κ2) is 8.38. The van der Waals surface area contributed by atoms with Crippen molar-refractivity contribution >= 4 is 23.5 Å². The summed E-state index contributed by atoms with van der Waals surface area (Å²) < 4.78 is 13.8. The number of carbonyl (C=O) groups is 1. The Morgan fingerprint density at radius 2 is 2.00 bits per heavy atom. The van der Waals surface area contributed by atoms with Crippen molar-refractivity contribution in [3.05, 3.63) is 54.1 Å². The lowest BCUT2D eigenvalue weighted by atomic mass is 9.93. The highest BCUT2D eigenvalue weighted by Crippen LogP contribution is 2.45. The van der Waals surface area contributed by atoms with Crippen LogP contribution in [0.15, 0.2) is 43.0 Å². The van der Waals surface area contributed by atoms with E-state index in [2.05, 4.69) is 23.2 Å². The quantitative estimate of drug-likeness (QED) is 0.639. The van der Waals surface area contributed by atoms with Crippen molar-refractivity contribution in [3.8, 4) is 0 Å². The molecule has 4 rings (SSSR count). The van der Waals surface area contributed by atoms with Crippen LogP contribution in [0.4, 0.5) is 4.79 Å². The van der Waals surface area contributed by atoms with Gasteiger partial charge in [-0.15, -0.1) is 0 Å². The minimum Gasteiger partial charge on any atom is -0.460 e. The summed E-state index contributed by atoms with van der Waals surface area (Å²) in [6, 6.07) is 8.26. The molecule has 1 aliphatic heterocycles. The minimum atomic E-state index is -0.543. The summed E-state index contributed by atoms with van der Waals surface area (Å²) in [6.45, 7) is 6.32. The SMILES string of the molecule is CC(C)(C)OC(=O)N1CCCC1C(OC(=S)n1ccnc1)c1ccccc1C1CC1. The van der Waals surface area contributed by atoms with Gasteiger partial charge in [-0.3, -0.25) is 4.57 Å². The van der Waals surface area contributed by atoms with Gasteiger partial charge in [0.25, 0.3) is 5.17 Å². The standard InChI is InChI=1S/C23H29N3O3S/c1-23(2,3)29-21(27)26-13-6-9-19(26)20(28-22(30)25-14-12-24-15-25)18-8-5-4-7-17(18)16-10-11-16/h4-5,7-8,12,14-16,19-20H,6,9-11,13H2,1-3H3. The van der Waals surface area contributed by atoms with E-state index in [1.54, 1.807) is 23.3 Å². The molecular formula is C23H29N3O3S. The zero-order valence-electron chi connectivity index (χ0n) is 17.8. The molecule has 1 saturated carbocycles. The predicted molar refractivity (Wildman–Crippen MR) is 118 cm³/mol. The third-order valence-corrected chi connectivity index (χ3v) is 5.85. The van der Waals surface area contributed by atoms with Crippen LogP contribution in [0, 0.1) is 0 Å². The van der Waals surface area contributed by atoms with Gasteiger partial charge in [0.05, 0.1) is 6.04 Å². The highest BCUT2D eigenvalue weighted by molar-refractivity contribution is 7.80. The van der Waals surface area contributed by atoms with E-state index in [-0.39, 0.29) is 18.2 Å². The number of rotatable bonds is 4. The summed E-state index contributed by atoms with van der Waals surface area (Å²) in [4.78, 5) is 18.8. The van der Waals surface area contributed by atoms with Gasteiger partial charge in [-0.25, -0.2) is 9.78 Å². The minimum absolute atomic E-state index is 0.138. The topological polar surface area (TPSA) is 56.6 Å². The number of hydrogen-bond donors (Lipinski definition) is 0. The highest BCUT2D eigenvalue weighted by atomic mass is 32.1. The molecule has 6 nitrogen and oxygen atoms in total. The lowest BCUT2D eigenvalue weighted by Gasteiger charge is -2.34. The van der Waals surface area contributed by atoms with E-state index < -0.39 is 5.60 Å². The fourth-order valence-corrected chi connectivity index (χ4v) is 4.29. The normalized spacial score (nSPS) is 20.1. The molecule has 2 unspecified atom stereocenters. The van der Waals surface area contributed by atoms with Crippen LogP contribution in [0.2, 0.25) is 0 Å². The van der Waals surface area contributed by atoms with E-state index in [4.69, 9.17) is 21.7 Å². The number of amides is 1. The number of thiocarbonyl (C=S) groups is 1. The lowest BCUT2D eigenvalue weighted by molar-refractivity contribution is 0.00697. The van der Waals surface area contributed by atoms with Gasteiger partial charge in [0, 0.05) is 18.9 Å². The monoisotopic (exact) mass is 427 g/mol. The van der Waals surface area contributed by atoms with Gasteiger partial charge in [0.2, 0.25) is 0 Å². The maximum Gasteiger partial charge on any atom is 0.410 e. The number of benzene rings is 1. The van der Waals surface area contributed by atoms with Crippen LogP contribution >= 0.6 is 12.2 Å². The van der Waals surface area contributed by atoms with Crippen molar-refractivity contribution in [2.45, 2.75) is 70.1 Å². The molecule has 0 bridgehead atoms. The maximum absolute atomic E-state index is 13.0. The molecule has 1 saturated heterocycles. The van der Waals surface area contributed by atoms with E-state index >= 15 is 0 Å². The molecule has 1 amide bonds. The Balaban J connectivity index is 1.66. The number of carbonyl (C=O) groups excluding carboxylic acids is 1. The molecule has 1 aromatic heterocycles. The van der Waals surface area contributed by atoms with Gasteiger partial charge in [-0.1, -0.05) is 24.3 Å². The van der Waals surface area contributed by atoms with Gasteiger partial charge in [0.1, 0.15) is 18.0 Å². The van der Waals surface area contributed by atoms with Crippen molar-refractivity contribution in [3.63, 3.8) is 0 Å². The van der Waals surface area contributed by atoms with Crippen LogP contribution in [0.3, 0.4) is 0 Å². The van der Waals surface area contributed by atoms with Gasteiger partial charge < -0.3 is 14.4 Å². The Kier molecular flexibility index (Phi) is 5.82. The molecule has 2 aliphatic rings. The summed E-state index contributed by atoms with van der Waals surface area (Å²) in [5, 5.41) is 0.333. The van der Waals surface area contributed by atoms with E-state index in [0.717, 1.165) is 18.4 Å². The van der Waals surface area contributed by atoms with Crippen molar-refractivity contribution < 1.29 is 14.3 Å². The van der Waals surface area contributed by atoms with E-state index in [9.17, 15) is 4.79 Å². The molecule has 1 aromatic carbocycles. The van der Waals surface area contributed by atoms with Crippen molar-refractivity contribution in [2.75, 3.05) is 6.54 Å². The summed E-state index contributed by atoms with van der Waals surface area (Å²) in [7, 11) is 0. The van der Waals surface area contributed by atoms with E-state index in [1.807, 2.05) is 31.7 Å². The Hall–Kier alpha value is -2.41. The Morgan fingerprint density at radius 1 is 1.23 bits per heavy atom. The van der Waals surface area contributed by atoms with Crippen LogP contribution in [0.25, 0.3) is 0 Å². The molecule has 1 aliphatic carbocycles. The first-order chi connectivity index (χ1) is 14.3. The average Bonchev–Trinajstić information content (AvgIpc) is 3.17. The Morgan fingerprint density at radius 3 is 2.67 bits per heavy atom. The second-order valence-electron chi connectivity index (χ2n) is 9.06. The summed E-state index contributed by atoms with van der Waals surface area (Å²) in [5.41, 5.74) is 1.87. The Bertz CT molecular complexity index is 903. The molecule has 2 heterocycles. The number of nitrogens with zero attached hydrogens (tertiary/aromatic N) is 3. The number of imidazole rings is 1. The van der Waals surface area contributed by atoms with E-state index in [0.29, 0.717) is 17.6 Å². The fourth-order valence-electron chi connectivity index (χ4n) is 4.08. The number of aromatic nitrogens is 2. The largest absolute Gasteiger partial charge is 0.460 e. The first kappa shape index (κ1) is 20.8. The molecule has 2 atom stereocenters. The average molecular weight is 428 g/mol. The molecule has 2 fully saturated rings. The fraction of sp³-hybridized carbons (Fsp3) is 0.522. The molecule has 30 heavy (non-hydrogen) atoms. The highest BCUT2D eigenvalue weighted by Gasteiger charge is 2.41. The molecular weight excluding hydrogens is 398 g/mol. The lowest BCUT2D eigenvalue weighted by Crippen LogP contribution is -2.43. The summed E-state index contributed by atoms with van der Waals surface area (Å²) in [5.74, 6) is 0.561. The van der Waals surface area contributed by atoms with Crippen molar-refractivity contribution in [1.82, 2.24) is 14.5 Å². The predicted octanol–water partition coefficient (Wildman–Crippen LogP) is 5.05. The molecule has 0 N–H and O–H groups in total. The second-order valence-corrected chi connectivity index (χ2v) is 9.41. The van der Waals surface area contributed by atoms with Gasteiger partial charge in [-0.05, 0) is 75.7 Å². The van der Waals surface area contributed by atoms with Gasteiger partial charge >= 0.3 is 6.09 Å². The molecule has 160 valence electrons. The number of hydrogen-bond acceptors (Lipinski definition) is 5. The summed E-state index contributed by atoms with van der Waals surface area (Å²) >= 11 is 5.57. The van der Waals surface area contributed by atoms with Gasteiger partial charge in [-0.2, -0.15) is 0 Å². The zero-order chi connectivity index (χ0) is 21.3. The maximum atomic E-state index is 13.0. The van der Waals surface area contributed by atoms with Crippen LogP contribution < -0.4 is 0 Å².